The molecule has 3 heterocycles. The van der Waals surface area contributed by atoms with E-state index in [9.17, 15) is 0 Å². The average molecular weight is 475 g/mol. The van der Waals surface area contributed by atoms with Crippen LogP contribution in [0.3, 0.4) is 0 Å². The summed E-state index contributed by atoms with van der Waals surface area (Å²) in [4.78, 5) is 2.88. The highest BCUT2D eigenvalue weighted by molar-refractivity contribution is 5.61. The van der Waals surface area contributed by atoms with Gasteiger partial charge in [-0.15, -0.1) is 10.2 Å². The van der Waals surface area contributed by atoms with Crippen molar-refractivity contribution in [1.29, 1.82) is 0 Å². The molecule has 0 radical (unpaired) electrons. The Morgan fingerprint density at radius 2 is 1.86 bits per heavy atom. The van der Waals surface area contributed by atoms with E-state index in [1.165, 1.54) is 58.2 Å². The topological polar surface area (TPSA) is 58.9 Å². The molecule has 5 unspecified atom stereocenters. The number of piperidine rings is 1. The van der Waals surface area contributed by atoms with Gasteiger partial charge in [-0.05, 0) is 124 Å². The highest BCUT2D eigenvalue weighted by Crippen LogP contribution is 2.71. The molecule has 1 spiro atoms. The van der Waals surface area contributed by atoms with Crippen LogP contribution in [0.5, 0.6) is 0 Å². The van der Waals surface area contributed by atoms with Crippen molar-refractivity contribution in [2.45, 2.75) is 65.2 Å². The van der Waals surface area contributed by atoms with E-state index in [2.05, 4.69) is 44.6 Å². The molecule has 188 valence electrons. The third kappa shape index (κ3) is 3.73. The van der Waals surface area contributed by atoms with Gasteiger partial charge in [0.2, 0.25) is 0 Å². The van der Waals surface area contributed by atoms with Gasteiger partial charge in [0.25, 0.3) is 0 Å². The van der Waals surface area contributed by atoms with Crippen LogP contribution >= 0.6 is 0 Å². The van der Waals surface area contributed by atoms with Crippen molar-refractivity contribution in [3.63, 3.8) is 0 Å². The van der Waals surface area contributed by atoms with Crippen molar-refractivity contribution in [2.24, 2.45) is 47.5 Å². The second kappa shape index (κ2) is 8.03. The number of nitrogens with one attached hydrogen (secondary N) is 1. The number of hydrogen-bond acceptors (Lipinski definition) is 5. The Morgan fingerprint density at radius 3 is 2.54 bits per heavy atom. The summed E-state index contributed by atoms with van der Waals surface area (Å²) < 4.78 is 1.83. The van der Waals surface area contributed by atoms with Crippen molar-refractivity contribution in [1.82, 2.24) is 24.9 Å². The standard InChI is InChI=1S/C29H42N6/c1-19-10-22-11-23-15-29(12-19,27(22)23)18-35-8-6-28(7-9-35)13-21(14-28)16-30-26-5-4-25(31-32-26)24-17-34(3)33-20(24)2/h4-5,17,19,21-23,27H,6-16,18H2,1-3H3,(H,30,32). The van der Waals surface area contributed by atoms with Gasteiger partial charge >= 0.3 is 0 Å². The van der Waals surface area contributed by atoms with Gasteiger partial charge in [0.1, 0.15) is 5.82 Å². The van der Waals surface area contributed by atoms with Crippen molar-refractivity contribution in [3.05, 3.63) is 24.0 Å². The first-order valence-corrected chi connectivity index (χ1v) is 14.2. The first-order chi connectivity index (χ1) is 16.9. The number of anilines is 1. The fraction of sp³-hybridized carbons (Fsp3) is 0.759. The van der Waals surface area contributed by atoms with Crippen molar-refractivity contribution < 1.29 is 0 Å². The molecular weight excluding hydrogens is 432 g/mol. The Labute approximate surface area is 210 Å². The molecule has 0 amide bonds. The number of aromatic nitrogens is 4. The lowest BCUT2D eigenvalue weighted by Gasteiger charge is -2.71. The molecule has 1 saturated heterocycles. The second-order valence-corrected chi connectivity index (χ2v) is 13.4. The minimum Gasteiger partial charge on any atom is -0.368 e. The monoisotopic (exact) mass is 474 g/mol. The van der Waals surface area contributed by atoms with Crippen LogP contribution in [0.2, 0.25) is 0 Å². The summed E-state index contributed by atoms with van der Waals surface area (Å²) in [6.07, 6.45) is 13.8. The highest BCUT2D eigenvalue weighted by atomic mass is 15.3. The van der Waals surface area contributed by atoms with Crippen LogP contribution in [0.15, 0.2) is 18.3 Å². The Morgan fingerprint density at radius 1 is 1.03 bits per heavy atom. The van der Waals surface area contributed by atoms with Crippen molar-refractivity contribution >= 4 is 5.82 Å². The zero-order valence-corrected chi connectivity index (χ0v) is 21.8. The van der Waals surface area contributed by atoms with E-state index in [-0.39, 0.29) is 0 Å². The van der Waals surface area contributed by atoms with Crippen LogP contribution < -0.4 is 5.32 Å². The first-order valence-electron chi connectivity index (χ1n) is 14.2. The van der Waals surface area contributed by atoms with Gasteiger partial charge in [-0.2, -0.15) is 5.10 Å². The van der Waals surface area contributed by atoms with E-state index >= 15 is 0 Å². The van der Waals surface area contributed by atoms with Gasteiger partial charge in [-0.3, -0.25) is 4.68 Å². The number of likely N-dealkylation sites (tertiary alicyclic amines) is 1. The van der Waals surface area contributed by atoms with Crippen LogP contribution in [-0.2, 0) is 7.05 Å². The largest absolute Gasteiger partial charge is 0.368 e. The van der Waals surface area contributed by atoms with Gasteiger partial charge in [0.05, 0.1) is 11.4 Å². The Kier molecular flexibility index (Phi) is 5.10. The number of aryl methyl sites for hydroxylation is 2. The van der Waals surface area contributed by atoms with Crippen molar-refractivity contribution in [3.8, 4) is 11.3 Å². The summed E-state index contributed by atoms with van der Waals surface area (Å²) in [5.74, 6) is 5.95. The normalized spacial score (nSPS) is 35.6. The third-order valence-electron chi connectivity index (χ3n) is 10.9. The van der Waals surface area contributed by atoms with E-state index in [1.807, 2.05) is 24.9 Å². The van der Waals surface area contributed by atoms with Crippen LogP contribution in [0.25, 0.3) is 11.3 Å². The molecule has 5 atom stereocenters. The van der Waals surface area contributed by atoms with Crippen molar-refractivity contribution in [2.75, 3.05) is 31.5 Å². The number of hydrogen-bond donors (Lipinski definition) is 1. The summed E-state index contributed by atoms with van der Waals surface area (Å²) in [5.41, 5.74) is 4.29. The lowest BCUT2D eigenvalue weighted by atomic mass is 9.35. The molecule has 4 aliphatic carbocycles. The molecule has 5 fully saturated rings. The highest BCUT2D eigenvalue weighted by Gasteiger charge is 2.65. The Hall–Kier alpha value is -1.95. The van der Waals surface area contributed by atoms with Gasteiger partial charge in [0, 0.05) is 31.9 Å². The lowest BCUT2D eigenvalue weighted by Crippen LogP contribution is -2.66. The Balaban J connectivity index is 0.873. The van der Waals surface area contributed by atoms with Gasteiger partial charge in [0.15, 0.2) is 0 Å². The van der Waals surface area contributed by atoms with E-state index in [0.717, 1.165) is 58.9 Å². The van der Waals surface area contributed by atoms with E-state index < -0.39 is 0 Å². The van der Waals surface area contributed by atoms with E-state index in [4.69, 9.17) is 0 Å². The third-order valence-corrected chi connectivity index (χ3v) is 10.9. The van der Waals surface area contributed by atoms with Gasteiger partial charge in [-0.1, -0.05) is 6.92 Å². The number of nitrogens with zero attached hydrogens (tertiary/aromatic N) is 5. The van der Waals surface area contributed by atoms with Crippen LogP contribution in [-0.4, -0.2) is 51.1 Å². The predicted octanol–water partition coefficient (Wildman–Crippen LogP) is 5.16. The molecule has 35 heavy (non-hydrogen) atoms. The number of rotatable bonds is 6. The summed E-state index contributed by atoms with van der Waals surface area (Å²) in [5, 5.41) is 16.8. The van der Waals surface area contributed by atoms with Crippen LogP contribution in [0.1, 0.15) is 64.0 Å². The Bertz CT molecular complexity index is 1080. The maximum atomic E-state index is 4.44. The summed E-state index contributed by atoms with van der Waals surface area (Å²) in [6.45, 7) is 9.68. The SMILES string of the molecule is Cc1nn(C)cc1-c1ccc(NCC2CC3(CCN(CC45CC(C)CC6CC(C4)C65)CC3)C2)nn1. The molecule has 6 heteroatoms. The molecule has 2 aromatic rings. The molecule has 4 saturated carbocycles. The quantitative estimate of drug-likeness (QED) is 0.627. The van der Waals surface area contributed by atoms with E-state index in [0.29, 0.717) is 10.8 Å². The zero-order valence-electron chi connectivity index (χ0n) is 21.8. The molecule has 0 aromatic carbocycles. The molecule has 2 aromatic heterocycles. The maximum Gasteiger partial charge on any atom is 0.148 e. The van der Waals surface area contributed by atoms with Crippen LogP contribution in [0.4, 0.5) is 5.82 Å². The molecule has 5 aliphatic rings. The molecule has 1 aliphatic heterocycles. The second-order valence-electron chi connectivity index (χ2n) is 13.4. The molecule has 0 bridgehead atoms. The van der Waals surface area contributed by atoms with E-state index in [1.54, 1.807) is 12.8 Å². The fourth-order valence-corrected chi connectivity index (χ4v) is 9.59. The smallest absolute Gasteiger partial charge is 0.148 e. The minimum atomic E-state index is 0.634. The average Bonchev–Trinajstić information content (AvgIpc) is 3.12. The maximum absolute atomic E-state index is 4.44. The fourth-order valence-electron chi connectivity index (χ4n) is 9.59. The predicted molar refractivity (Wildman–Crippen MR) is 139 cm³/mol. The summed E-state index contributed by atoms with van der Waals surface area (Å²) >= 11 is 0. The zero-order chi connectivity index (χ0) is 23.8. The molecule has 1 N–H and O–H groups in total. The molecular formula is C29H42N6. The van der Waals surface area contributed by atoms with Crippen LogP contribution in [0, 0.1) is 47.3 Å². The lowest BCUT2D eigenvalue weighted by molar-refractivity contribution is -0.217. The summed E-state index contributed by atoms with van der Waals surface area (Å²) in [7, 11) is 1.94. The molecule has 7 rings (SSSR count). The summed E-state index contributed by atoms with van der Waals surface area (Å²) in [6, 6.07) is 4.12. The van der Waals surface area contributed by atoms with Gasteiger partial charge in [-0.25, -0.2) is 0 Å². The first kappa shape index (κ1) is 22.3. The molecule has 6 nitrogen and oxygen atoms in total. The van der Waals surface area contributed by atoms with Gasteiger partial charge < -0.3 is 10.2 Å². The minimum absolute atomic E-state index is 0.634.